The van der Waals surface area contributed by atoms with Gasteiger partial charge in [-0.1, -0.05) is 152 Å². The summed E-state index contributed by atoms with van der Waals surface area (Å²) in [7, 11) is 0. The number of rotatable bonds is 9. The molecule has 0 saturated heterocycles. The topological polar surface area (TPSA) is 103 Å². The molecule has 282 valence electrons. The predicted octanol–water partition coefficient (Wildman–Crippen LogP) is 11.8. The first kappa shape index (κ1) is 36.0. The third-order valence-corrected chi connectivity index (χ3v) is 10.1. The van der Waals surface area contributed by atoms with Gasteiger partial charge in [0.1, 0.15) is 0 Å². The number of hydrogen-bond acceptors (Lipinski definition) is 8. The van der Waals surface area contributed by atoms with Gasteiger partial charge in [-0.2, -0.15) is 0 Å². The lowest BCUT2D eigenvalue weighted by Gasteiger charge is -2.12. The first-order chi connectivity index (χ1) is 29.7. The van der Waals surface area contributed by atoms with Gasteiger partial charge in [0.15, 0.2) is 23.3 Å². The van der Waals surface area contributed by atoms with Crippen molar-refractivity contribution in [3.8, 4) is 102 Å². The van der Waals surface area contributed by atoms with Crippen LogP contribution >= 0.6 is 0 Å². The van der Waals surface area contributed by atoms with Crippen molar-refractivity contribution in [3.63, 3.8) is 0 Å². The zero-order valence-electron chi connectivity index (χ0n) is 32.2. The Hall–Kier alpha value is -8.36. The van der Waals surface area contributed by atoms with Crippen LogP contribution in [0.1, 0.15) is 0 Å². The van der Waals surface area contributed by atoms with Gasteiger partial charge in [0.25, 0.3) is 0 Å². The molecule has 0 spiro atoms. The molecule has 8 heteroatoms. The Bertz CT molecular complexity index is 2940. The highest BCUT2D eigenvalue weighted by atomic mass is 15.0. The SMILES string of the molecule is c1ccc(-c2cc(-c3ccc(-c4nc(-c5ccccc5)nc(-c5ccccc5)n4)cn3)nc(-c3cc(-c4nc(-c5ccccc5)cc(-c5ccccc5)n4)ccn3)c2)cc1. The first-order valence-corrected chi connectivity index (χ1v) is 19.6. The van der Waals surface area contributed by atoms with Gasteiger partial charge in [-0.25, -0.2) is 29.9 Å². The van der Waals surface area contributed by atoms with E-state index in [2.05, 4.69) is 48.5 Å². The van der Waals surface area contributed by atoms with E-state index < -0.39 is 0 Å². The van der Waals surface area contributed by atoms with Crippen LogP contribution in [0.4, 0.5) is 0 Å². The van der Waals surface area contributed by atoms with E-state index in [0.717, 1.165) is 55.9 Å². The third-order valence-electron chi connectivity index (χ3n) is 10.1. The summed E-state index contributed by atoms with van der Waals surface area (Å²) in [5.74, 6) is 2.31. The van der Waals surface area contributed by atoms with Crippen molar-refractivity contribution in [2.75, 3.05) is 0 Å². The van der Waals surface area contributed by atoms with Crippen molar-refractivity contribution < 1.29 is 0 Å². The smallest absolute Gasteiger partial charge is 0.165 e. The van der Waals surface area contributed by atoms with E-state index in [-0.39, 0.29) is 0 Å². The summed E-state index contributed by atoms with van der Waals surface area (Å²) < 4.78 is 0. The van der Waals surface area contributed by atoms with Gasteiger partial charge in [-0.3, -0.25) is 9.97 Å². The zero-order chi connectivity index (χ0) is 40.1. The monoisotopic (exact) mass is 770 g/mol. The average Bonchev–Trinajstić information content (AvgIpc) is 3.35. The highest BCUT2D eigenvalue weighted by molar-refractivity contribution is 5.78. The molecule has 0 aliphatic heterocycles. The van der Waals surface area contributed by atoms with Crippen LogP contribution < -0.4 is 0 Å². The fourth-order valence-electron chi connectivity index (χ4n) is 7.01. The van der Waals surface area contributed by atoms with Gasteiger partial charge in [0, 0.05) is 45.8 Å². The Morgan fingerprint density at radius 1 is 0.217 bits per heavy atom. The Morgan fingerprint density at radius 2 is 0.650 bits per heavy atom. The van der Waals surface area contributed by atoms with Gasteiger partial charge < -0.3 is 0 Å². The van der Waals surface area contributed by atoms with Crippen molar-refractivity contribution in [2.45, 2.75) is 0 Å². The maximum atomic E-state index is 5.17. The molecule has 0 unspecified atom stereocenters. The van der Waals surface area contributed by atoms with E-state index in [4.69, 9.17) is 39.9 Å². The summed E-state index contributed by atoms with van der Waals surface area (Å²) >= 11 is 0. The number of pyridine rings is 3. The van der Waals surface area contributed by atoms with E-state index in [1.807, 2.05) is 146 Å². The quantitative estimate of drug-likeness (QED) is 0.143. The van der Waals surface area contributed by atoms with Gasteiger partial charge in [-0.15, -0.1) is 0 Å². The highest BCUT2D eigenvalue weighted by Crippen LogP contribution is 2.33. The second kappa shape index (κ2) is 16.2. The Kier molecular flexibility index (Phi) is 9.75. The van der Waals surface area contributed by atoms with E-state index in [9.17, 15) is 0 Å². The van der Waals surface area contributed by atoms with Crippen molar-refractivity contribution >= 4 is 0 Å². The largest absolute Gasteiger partial charge is 0.255 e. The van der Waals surface area contributed by atoms with Crippen LogP contribution in [0.5, 0.6) is 0 Å². The molecule has 5 heterocycles. The predicted molar refractivity (Wildman–Crippen MR) is 238 cm³/mol. The lowest BCUT2D eigenvalue weighted by molar-refractivity contribution is 1.07. The molecule has 0 fully saturated rings. The maximum Gasteiger partial charge on any atom is 0.165 e. The van der Waals surface area contributed by atoms with Crippen molar-refractivity contribution in [3.05, 3.63) is 207 Å². The summed E-state index contributed by atoms with van der Waals surface area (Å²) in [6.07, 6.45) is 3.59. The molecule has 0 bridgehead atoms. The fourth-order valence-corrected chi connectivity index (χ4v) is 7.01. The maximum absolute atomic E-state index is 5.17. The van der Waals surface area contributed by atoms with Gasteiger partial charge >= 0.3 is 0 Å². The van der Waals surface area contributed by atoms with E-state index in [1.54, 1.807) is 12.4 Å². The van der Waals surface area contributed by atoms with E-state index in [0.29, 0.717) is 46.1 Å². The molecule has 10 rings (SSSR count). The van der Waals surface area contributed by atoms with Crippen LogP contribution in [0.2, 0.25) is 0 Å². The Balaban J connectivity index is 1.05. The Labute approximate surface area is 347 Å². The molecular formula is C52H34N8. The van der Waals surface area contributed by atoms with Crippen LogP contribution in [-0.2, 0) is 0 Å². The second-order valence-electron chi connectivity index (χ2n) is 14.1. The van der Waals surface area contributed by atoms with Gasteiger partial charge in [0.2, 0.25) is 0 Å². The molecule has 60 heavy (non-hydrogen) atoms. The number of benzene rings is 5. The molecule has 0 N–H and O–H groups in total. The molecule has 0 radical (unpaired) electrons. The van der Waals surface area contributed by atoms with Crippen molar-refractivity contribution in [1.82, 2.24) is 39.9 Å². The highest BCUT2D eigenvalue weighted by Gasteiger charge is 2.17. The minimum atomic E-state index is 0.531. The minimum absolute atomic E-state index is 0.531. The molecular weight excluding hydrogens is 737 g/mol. The lowest BCUT2D eigenvalue weighted by Crippen LogP contribution is -2.00. The molecule has 10 aromatic rings. The van der Waals surface area contributed by atoms with E-state index in [1.165, 1.54) is 0 Å². The number of hydrogen-bond donors (Lipinski definition) is 0. The molecule has 0 saturated carbocycles. The fraction of sp³-hybridized carbons (Fsp3) is 0. The van der Waals surface area contributed by atoms with Gasteiger partial charge in [0.05, 0.1) is 34.2 Å². The van der Waals surface area contributed by atoms with Crippen LogP contribution in [0.15, 0.2) is 207 Å². The van der Waals surface area contributed by atoms with Crippen LogP contribution in [0.25, 0.3) is 102 Å². The van der Waals surface area contributed by atoms with Crippen LogP contribution in [0.3, 0.4) is 0 Å². The first-order valence-electron chi connectivity index (χ1n) is 19.6. The summed E-state index contributed by atoms with van der Waals surface area (Å²) in [5, 5.41) is 0. The average molecular weight is 771 g/mol. The normalized spacial score (nSPS) is 11.0. The summed E-state index contributed by atoms with van der Waals surface area (Å²) in [6.45, 7) is 0. The van der Waals surface area contributed by atoms with Crippen molar-refractivity contribution in [1.29, 1.82) is 0 Å². The van der Waals surface area contributed by atoms with Gasteiger partial charge in [-0.05, 0) is 53.6 Å². The van der Waals surface area contributed by atoms with E-state index >= 15 is 0 Å². The summed E-state index contributed by atoms with van der Waals surface area (Å²) in [6, 6.07) is 64.5. The lowest BCUT2D eigenvalue weighted by atomic mass is 10.0. The molecule has 0 amide bonds. The summed E-state index contributed by atoms with van der Waals surface area (Å²) in [5.41, 5.74) is 11.9. The Morgan fingerprint density at radius 3 is 1.15 bits per heavy atom. The molecule has 0 aliphatic rings. The number of aromatic nitrogens is 8. The molecule has 5 aromatic heterocycles. The molecule has 0 aliphatic carbocycles. The van der Waals surface area contributed by atoms with Crippen molar-refractivity contribution in [2.24, 2.45) is 0 Å². The molecule has 8 nitrogen and oxygen atoms in total. The molecule has 5 aromatic carbocycles. The zero-order valence-corrected chi connectivity index (χ0v) is 32.2. The van der Waals surface area contributed by atoms with Crippen LogP contribution in [0, 0.1) is 0 Å². The number of nitrogens with zero attached hydrogens (tertiary/aromatic N) is 8. The van der Waals surface area contributed by atoms with Crippen LogP contribution in [-0.4, -0.2) is 39.9 Å². The standard InChI is InChI=1S/C52H34N8/c1-6-16-35(17-7-1)42-31-47(43-27-26-41(34-54-43)52-59-49(38-22-12-4-13-23-38)58-50(60-52)39-24-14-5-15-25-39)55-48(32-42)46-30-40(28-29-53-46)51-56-44(36-18-8-2-9-19-36)33-45(57-51)37-20-10-3-11-21-37/h1-34H. The minimum Gasteiger partial charge on any atom is -0.255 e. The second-order valence-corrected chi connectivity index (χ2v) is 14.1. The summed E-state index contributed by atoms with van der Waals surface area (Å²) in [4.78, 5) is 39.7. The third kappa shape index (κ3) is 7.68. The molecule has 0 atom stereocenters.